The number of carbonyl (C=O) groups excluding carboxylic acids is 1. The zero-order chi connectivity index (χ0) is 16.8. The van der Waals surface area contributed by atoms with Gasteiger partial charge >= 0.3 is 0 Å². The fraction of sp³-hybridized carbons (Fsp3) is 0.952. The Balaban J connectivity index is 1.34. The monoisotopic (exact) mass is 334 g/mol. The molecule has 1 N–H and O–H groups in total. The minimum absolute atomic E-state index is 0.302. The minimum atomic E-state index is 0.302. The summed E-state index contributed by atoms with van der Waals surface area (Å²) in [6.45, 7) is 0.547. The summed E-state index contributed by atoms with van der Waals surface area (Å²) in [7, 11) is 2.01. The second-order valence-corrected chi connectivity index (χ2v) is 8.69. The Hall–Kier alpha value is -0.570. The summed E-state index contributed by atoms with van der Waals surface area (Å²) in [5.41, 5.74) is 0. The van der Waals surface area contributed by atoms with Gasteiger partial charge in [0.1, 0.15) is 0 Å². The predicted molar refractivity (Wildman–Crippen MR) is 100.0 cm³/mol. The third kappa shape index (κ3) is 4.97. The molecule has 3 saturated carbocycles. The summed E-state index contributed by atoms with van der Waals surface area (Å²) in [6.07, 6.45) is 19.0. The van der Waals surface area contributed by atoms with Crippen molar-refractivity contribution in [2.24, 2.45) is 11.8 Å². The first-order chi connectivity index (χ1) is 11.7. The molecule has 3 aliphatic rings. The first-order valence-corrected chi connectivity index (χ1v) is 10.7. The lowest BCUT2D eigenvalue weighted by Gasteiger charge is -2.36. The maximum atomic E-state index is 12.5. The van der Waals surface area contributed by atoms with Crippen molar-refractivity contribution in [3.05, 3.63) is 0 Å². The molecule has 0 unspecified atom stereocenters. The molecule has 3 fully saturated rings. The lowest BCUT2D eigenvalue weighted by molar-refractivity contribution is -0.131. The first kappa shape index (κ1) is 18.2. The second kappa shape index (κ2) is 9.22. The third-order valence-corrected chi connectivity index (χ3v) is 7.15. The van der Waals surface area contributed by atoms with E-state index in [1.54, 1.807) is 0 Å². The maximum Gasteiger partial charge on any atom is 0.236 e. The van der Waals surface area contributed by atoms with Crippen LogP contribution in [-0.4, -0.2) is 36.5 Å². The molecule has 0 radical (unpaired) electrons. The van der Waals surface area contributed by atoms with Gasteiger partial charge in [0.25, 0.3) is 0 Å². The number of amides is 1. The van der Waals surface area contributed by atoms with Gasteiger partial charge in [-0.2, -0.15) is 0 Å². The van der Waals surface area contributed by atoms with Crippen LogP contribution in [0.1, 0.15) is 89.9 Å². The predicted octanol–water partition coefficient (Wildman–Crippen LogP) is 4.51. The summed E-state index contributed by atoms with van der Waals surface area (Å²) in [5, 5.41) is 3.57. The Morgan fingerprint density at radius 2 is 1.33 bits per heavy atom. The molecule has 0 aromatic carbocycles. The van der Waals surface area contributed by atoms with Crippen LogP contribution in [0.4, 0.5) is 0 Å². The highest BCUT2D eigenvalue weighted by Gasteiger charge is 2.29. The fourth-order valence-corrected chi connectivity index (χ4v) is 5.43. The van der Waals surface area contributed by atoms with E-state index in [0.717, 1.165) is 11.8 Å². The van der Waals surface area contributed by atoms with E-state index in [4.69, 9.17) is 0 Å². The largest absolute Gasteiger partial charge is 0.342 e. The lowest BCUT2D eigenvalue weighted by Crippen LogP contribution is -2.45. The first-order valence-electron chi connectivity index (χ1n) is 10.7. The van der Waals surface area contributed by atoms with Gasteiger partial charge in [-0.15, -0.1) is 0 Å². The molecule has 138 valence electrons. The van der Waals surface area contributed by atoms with Gasteiger partial charge in [-0.25, -0.2) is 0 Å². The zero-order valence-corrected chi connectivity index (χ0v) is 15.8. The molecular formula is C21H38N2O. The van der Waals surface area contributed by atoms with E-state index in [1.807, 2.05) is 11.9 Å². The van der Waals surface area contributed by atoms with Crippen LogP contribution in [0.2, 0.25) is 0 Å². The van der Waals surface area contributed by atoms with Crippen LogP contribution in [-0.2, 0) is 4.79 Å². The molecule has 0 saturated heterocycles. The average Bonchev–Trinajstić information content (AvgIpc) is 2.67. The number of hydrogen-bond donors (Lipinski definition) is 1. The third-order valence-electron chi connectivity index (χ3n) is 7.15. The molecule has 0 aromatic heterocycles. The highest BCUT2D eigenvalue weighted by Crippen LogP contribution is 2.38. The van der Waals surface area contributed by atoms with Gasteiger partial charge in [0, 0.05) is 19.1 Å². The molecule has 0 atom stereocenters. The van der Waals surface area contributed by atoms with Crippen LogP contribution in [0.15, 0.2) is 0 Å². The topological polar surface area (TPSA) is 32.3 Å². The van der Waals surface area contributed by atoms with Crippen molar-refractivity contribution in [2.75, 3.05) is 13.6 Å². The molecule has 3 aliphatic carbocycles. The van der Waals surface area contributed by atoms with Gasteiger partial charge in [-0.3, -0.25) is 4.79 Å². The number of hydrogen-bond acceptors (Lipinski definition) is 2. The number of rotatable bonds is 5. The summed E-state index contributed by atoms with van der Waals surface area (Å²) >= 11 is 0. The van der Waals surface area contributed by atoms with E-state index in [0.29, 0.717) is 24.5 Å². The van der Waals surface area contributed by atoms with Gasteiger partial charge in [0.2, 0.25) is 5.91 Å². The SMILES string of the molecule is CN(C(=O)CNC1CCC(C2CCCCC2)CC1)C1CCCCC1. The molecule has 24 heavy (non-hydrogen) atoms. The van der Waals surface area contributed by atoms with Gasteiger partial charge in [0.05, 0.1) is 6.54 Å². The second-order valence-electron chi connectivity index (χ2n) is 8.69. The van der Waals surface area contributed by atoms with Crippen molar-refractivity contribution in [3.63, 3.8) is 0 Å². The summed E-state index contributed by atoms with van der Waals surface area (Å²) in [4.78, 5) is 14.5. The Kier molecular flexibility index (Phi) is 7.00. The average molecular weight is 335 g/mol. The molecule has 0 aliphatic heterocycles. The fourth-order valence-electron chi connectivity index (χ4n) is 5.43. The standard InChI is InChI=1S/C21H38N2O/c1-23(20-10-6-3-7-11-20)21(24)16-22-19-14-12-18(13-15-19)17-8-4-2-5-9-17/h17-20,22H,2-16H2,1H3. The van der Waals surface area contributed by atoms with Crippen LogP contribution in [0.25, 0.3) is 0 Å². The number of likely N-dealkylation sites (N-methyl/N-ethyl adjacent to an activating group) is 1. The van der Waals surface area contributed by atoms with Crippen molar-refractivity contribution in [3.8, 4) is 0 Å². The number of nitrogens with one attached hydrogen (secondary N) is 1. The smallest absolute Gasteiger partial charge is 0.236 e. The van der Waals surface area contributed by atoms with Crippen molar-refractivity contribution < 1.29 is 4.79 Å². The van der Waals surface area contributed by atoms with Crippen molar-refractivity contribution in [1.82, 2.24) is 10.2 Å². The van der Waals surface area contributed by atoms with Crippen molar-refractivity contribution >= 4 is 5.91 Å². The molecule has 3 heteroatoms. The van der Waals surface area contributed by atoms with E-state index >= 15 is 0 Å². The lowest BCUT2D eigenvalue weighted by atomic mass is 9.72. The van der Waals surface area contributed by atoms with Crippen molar-refractivity contribution in [1.29, 1.82) is 0 Å². The molecule has 1 amide bonds. The highest BCUT2D eigenvalue weighted by atomic mass is 16.2. The zero-order valence-electron chi connectivity index (χ0n) is 15.8. The van der Waals surface area contributed by atoms with Gasteiger partial charge in [-0.1, -0.05) is 51.4 Å². The van der Waals surface area contributed by atoms with E-state index in [1.165, 1.54) is 89.9 Å². The van der Waals surface area contributed by atoms with Gasteiger partial charge in [-0.05, 0) is 50.4 Å². The van der Waals surface area contributed by atoms with Gasteiger partial charge in [0.15, 0.2) is 0 Å². The summed E-state index contributed by atoms with van der Waals surface area (Å²) in [5.74, 6) is 2.29. The molecule has 0 spiro atoms. The van der Waals surface area contributed by atoms with E-state index < -0.39 is 0 Å². The van der Waals surface area contributed by atoms with E-state index in [-0.39, 0.29) is 0 Å². The number of carbonyl (C=O) groups is 1. The molecule has 0 heterocycles. The normalized spacial score (nSPS) is 30.2. The van der Waals surface area contributed by atoms with Crippen LogP contribution in [0.3, 0.4) is 0 Å². The Morgan fingerprint density at radius 1 is 0.792 bits per heavy atom. The Labute approximate surface area is 148 Å². The Bertz CT molecular complexity index is 377. The molecule has 3 rings (SSSR count). The molecule has 0 bridgehead atoms. The number of nitrogens with zero attached hydrogens (tertiary/aromatic N) is 1. The maximum absolute atomic E-state index is 12.5. The van der Waals surface area contributed by atoms with Crippen LogP contribution >= 0.6 is 0 Å². The van der Waals surface area contributed by atoms with Gasteiger partial charge < -0.3 is 10.2 Å². The van der Waals surface area contributed by atoms with Crippen molar-refractivity contribution in [2.45, 2.75) is 102 Å². The van der Waals surface area contributed by atoms with Crippen LogP contribution in [0, 0.1) is 11.8 Å². The van der Waals surface area contributed by atoms with E-state index in [2.05, 4.69) is 5.32 Å². The van der Waals surface area contributed by atoms with Crippen LogP contribution < -0.4 is 5.32 Å². The Morgan fingerprint density at radius 3 is 1.96 bits per heavy atom. The summed E-state index contributed by atoms with van der Waals surface area (Å²) in [6, 6.07) is 1.07. The van der Waals surface area contributed by atoms with Crippen LogP contribution in [0.5, 0.6) is 0 Å². The minimum Gasteiger partial charge on any atom is -0.342 e. The van der Waals surface area contributed by atoms with E-state index in [9.17, 15) is 4.79 Å². The molecule has 0 aromatic rings. The quantitative estimate of drug-likeness (QED) is 0.802. The molecular weight excluding hydrogens is 296 g/mol. The highest BCUT2D eigenvalue weighted by molar-refractivity contribution is 5.78. The summed E-state index contributed by atoms with van der Waals surface area (Å²) < 4.78 is 0. The molecule has 3 nitrogen and oxygen atoms in total.